The number of carbonyl (C=O) groups is 1. The largest absolute Gasteiger partial charge is 0.481 e. The van der Waals surface area contributed by atoms with Gasteiger partial charge in [-0.2, -0.15) is 0 Å². The van der Waals surface area contributed by atoms with Crippen molar-refractivity contribution < 1.29 is 9.90 Å². The number of rotatable bonds is 3. The van der Waals surface area contributed by atoms with Crippen molar-refractivity contribution in [2.45, 2.75) is 27.2 Å². The van der Waals surface area contributed by atoms with E-state index in [1.165, 1.54) is 0 Å². The van der Waals surface area contributed by atoms with Gasteiger partial charge in [0.2, 0.25) is 0 Å². The molecule has 0 aliphatic heterocycles. The Balaban J connectivity index is 3.99. The van der Waals surface area contributed by atoms with Gasteiger partial charge in [0, 0.05) is 0 Å². The van der Waals surface area contributed by atoms with E-state index < -0.39 is 5.97 Å². The van der Waals surface area contributed by atoms with Crippen molar-refractivity contribution in [1.29, 1.82) is 0 Å². The van der Waals surface area contributed by atoms with E-state index in [1.54, 1.807) is 0 Å². The molecular weight excluding hydrogens is 128 g/mol. The summed E-state index contributed by atoms with van der Waals surface area (Å²) in [6.45, 7) is 5.70. The van der Waals surface area contributed by atoms with Crippen LogP contribution in [0.15, 0.2) is 12.2 Å². The molecule has 0 atom stereocenters. The molecule has 1 N–H and O–H groups in total. The molecule has 0 rings (SSSR count). The standard InChI is InChI=1S/C8H14O2/c1-4-5-8(2,3)6-7(9)10/h4-5H,6H2,1-3H3,(H,9,10)/b5-4-. The molecule has 0 aromatic rings. The predicted octanol–water partition coefficient (Wildman–Crippen LogP) is 2.06. The first-order valence-electron chi connectivity index (χ1n) is 3.33. The van der Waals surface area contributed by atoms with Gasteiger partial charge in [-0.15, -0.1) is 0 Å². The van der Waals surface area contributed by atoms with E-state index in [-0.39, 0.29) is 11.8 Å². The summed E-state index contributed by atoms with van der Waals surface area (Å²) >= 11 is 0. The lowest BCUT2D eigenvalue weighted by atomic mass is 9.89. The minimum atomic E-state index is -0.747. The van der Waals surface area contributed by atoms with Crippen LogP contribution in [-0.2, 0) is 4.79 Å². The summed E-state index contributed by atoms with van der Waals surface area (Å²) in [6.07, 6.45) is 3.97. The summed E-state index contributed by atoms with van der Waals surface area (Å²) in [7, 11) is 0. The number of aliphatic carboxylic acids is 1. The molecule has 0 amide bonds. The Morgan fingerprint density at radius 3 is 2.40 bits per heavy atom. The van der Waals surface area contributed by atoms with Crippen LogP contribution in [0.1, 0.15) is 27.2 Å². The summed E-state index contributed by atoms with van der Waals surface area (Å²) in [5, 5.41) is 8.44. The third-order valence-corrected chi connectivity index (χ3v) is 1.22. The molecule has 0 spiro atoms. The molecular formula is C8H14O2. The highest BCUT2D eigenvalue weighted by Crippen LogP contribution is 2.21. The maximum absolute atomic E-state index is 10.3. The van der Waals surface area contributed by atoms with E-state index in [1.807, 2.05) is 32.9 Å². The van der Waals surface area contributed by atoms with E-state index in [0.717, 1.165) is 0 Å². The highest BCUT2D eigenvalue weighted by Gasteiger charge is 2.17. The topological polar surface area (TPSA) is 37.3 Å². The summed E-state index contributed by atoms with van der Waals surface area (Å²) < 4.78 is 0. The lowest BCUT2D eigenvalue weighted by Gasteiger charge is -2.16. The van der Waals surface area contributed by atoms with Crippen LogP contribution in [0.5, 0.6) is 0 Å². The first kappa shape index (κ1) is 9.21. The second kappa shape index (κ2) is 3.40. The molecule has 0 heterocycles. The molecule has 0 unspecified atom stereocenters. The van der Waals surface area contributed by atoms with E-state index in [4.69, 9.17) is 5.11 Å². The number of allylic oxidation sites excluding steroid dienone is 2. The highest BCUT2D eigenvalue weighted by atomic mass is 16.4. The number of carboxylic acid groups (broad SMARTS) is 1. The minimum absolute atomic E-state index is 0.192. The fourth-order valence-electron chi connectivity index (χ4n) is 0.900. The summed E-state index contributed by atoms with van der Waals surface area (Å²) in [5.74, 6) is -0.747. The average molecular weight is 142 g/mol. The number of hydrogen-bond donors (Lipinski definition) is 1. The Kier molecular flexibility index (Phi) is 3.13. The van der Waals surface area contributed by atoms with Gasteiger partial charge in [0.1, 0.15) is 0 Å². The smallest absolute Gasteiger partial charge is 0.304 e. The van der Waals surface area contributed by atoms with Crippen molar-refractivity contribution in [3.05, 3.63) is 12.2 Å². The van der Waals surface area contributed by atoms with Crippen molar-refractivity contribution in [1.82, 2.24) is 0 Å². The van der Waals surface area contributed by atoms with Crippen LogP contribution in [0.3, 0.4) is 0 Å². The van der Waals surface area contributed by atoms with Gasteiger partial charge in [-0.05, 0) is 12.3 Å². The first-order chi connectivity index (χ1) is 4.48. The summed E-state index contributed by atoms with van der Waals surface area (Å²) in [5.41, 5.74) is -0.208. The molecule has 10 heavy (non-hydrogen) atoms. The Morgan fingerprint density at radius 1 is 1.60 bits per heavy atom. The van der Waals surface area contributed by atoms with Gasteiger partial charge < -0.3 is 5.11 Å². The molecule has 0 aliphatic carbocycles. The zero-order valence-electron chi connectivity index (χ0n) is 6.72. The quantitative estimate of drug-likeness (QED) is 0.612. The van der Waals surface area contributed by atoms with Crippen LogP contribution < -0.4 is 0 Å². The van der Waals surface area contributed by atoms with Crippen molar-refractivity contribution in [3.8, 4) is 0 Å². The Bertz CT molecular complexity index is 145. The first-order valence-corrected chi connectivity index (χ1v) is 3.33. The molecule has 0 aliphatic rings. The second-order valence-electron chi connectivity index (χ2n) is 3.06. The molecule has 0 aromatic heterocycles. The van der Waals surface area contributed by atoms with Crippen molar-refractivity contribution in [2.24, 2.45) is 5.41 Å². The number of hydrogen-bond acceptors (Lipinski definition) is 1. The molecule has 58 valence electrons. The van der Waals surface area contributed by atoms with Gasteiger partial charge in [0.25, 0.3) is 0 Å². The van der Waals surface area contributed by atoms with Crippen LogP contribution in [0.25, 0.3) is 0 Å². The van der Waals surface area contributed by atoms with Crippen LogP contribution in [0.4, 0.5) is 0 Å². The highest BCUT2D eigenvalue weighted by molar-refractivity contribution is 5.67. The molecule has 0 radical (unpaired) electrons. The van der Waals surface area contributed by atoms with Gasteiger partial charge in [0.15, 0.2) is 0 Å². The van der Waals surface area contributed by atoms with Crippen molar-refractivity contribution >= 4 is 5.97 Å². The zero-order valence-corrected chi connectivity index (χ0v) is 6.72. The fraction of sp³-hybridized carbons (Fsp3) is 0.625. The zero-order chi connectivity index (χ0) is 8.20. The Hall–Kier alpha value is -0.790. The number of carboxylic acids is 1. The van der Waals surface area contributed by atoms with Gasteiger partial charge in [0.05, 0.1) is 6.42 Å². The maximum Gasteiger partial charge on any atom is 0.304 e. The minimum Gasteiger partial charge on any atom is -0.481 e. The fourth-order valence-corrected chi connectivity index (χ4v) is 0.900. The van der Waals surface area contributed by atoms with Gasteiger partial charge in [-0.25, -0.2) is 0 Å². The van der Waals surface area contributed by atoms with E-state index in [9.17, 15) is 4.79 Å². The third kappa shape index (κ3) is 4.13. The van der Waals surface area contributed by atoms with Gasteiger partial charge >= 0.3 is 5.97 Å². The normalized spacial score (nSPS) is 12.3. The average Bonchev–Trinajstić information content (AvgIpc) is 1.59. The Labute approximate surface area is 61.6 Å². The molecule has 2 heteroatoms. The predicted molar refractivity (Wildman–Crippen MR) is 40.8 cm³/mol. The molecule has 0 saturated carbocycles. The second-order valence-corrected chi connectivity index (χ2v) is 3.06. The third-order valence-electron chi connectivity index (χ3n) is 1.22. The molecule has 0 saturated heterocycles. The SMILES string of the molecule is C/C=C\C(C)(C)CC(=O)O. The van der Waals surface area contributed by atoms with Crippen molar-refractivity contribution in [2.75, 3.05) is 0 Å². The summed E-state index contributed by atoms with van der Waals surface area (Å²) in [6, 6.07) is 0. The van der Waals surface area contributed by atoms with Gasteiger partial charge in [-0.1, -0.05) is 26.0 Å². The van der Waals surface area contributed by atoms with E-state index in [0.29, 0.717) is 0 Å². The monoisotopic (exact) mass is 142 g/mol. The van der Waals surface area contributed by atoms with Crippen LogP contribution in [-0.4, -0.2) is 11.1 Å². The lowest BCUT2D eigenvalue weighted by Crippen LogP contribution is -2.13. The van der Waals surface area contributed by atoms with Crippen LogP contribution >= 0.6 is 0 Å². The van der Waals surface area contributed by atoms with E-state index >= 15 is 0 Å². The summed E-state index contributed by atoms with van der Waals surface area (Å²) in [4.78, 5) is 10.3. The maximum atomic E-state index is 10.3. The lowest BCUT2D eigenvalue weighted by molar-refractivity contribution is -0.138. The molecule has 2 nitrogen and oxygen atoms in total. The van der Waals surface area contributed by atoms with Crippen LogP contribution in [0, 0.1) is 5.41 Å². The van der Waals surface area contributed by atoms with E-state index in [2.05, 4.69) is 0 Å². The Morgan fingerprint density at radius 2 is 2.10 bits per heavy atom. The molecule has 0 bridgehead atoms. The van der Waals surface area contributed by atoms with Crippen molar-refractivity contribution in [3.63, 3.8) is 0 Å². The van der Waals surface area contributed by atoms with Gasteiger partial charge in [-0.3, -0.25) is 4.79 Å². The van der Waals surface area contributed by atoms with Crippen LogP contribution in [0.2, 0.25) is 0 Å². The molecule has 0 fully saturated rings. The molecule has 0 aromatic carbocycles.